The number of benzene rings is 2. The van der Waals surface area contributed by atoms with E-state index in [9.17, 15) is 27.9 Å². The lowest BCUT2D eigenvalue weighted by Crippen LogP contribution is -2.47. The summed E-state index contributed by atoms with van der Waals surface area (Å²) in [5, 5.41) is 10.1. The Balaban J connectivity index is 1.30. The van der Waals surface area contributed by atoms with Crippen LogP contribution in [0, 0.1) is 5.82 Å². The second-order valence-electron chi connectivity index (χ2n) is 9.67. The van der Waals surface area contributed by atoms with E-state index in [4.69, 9.17) is 0 Å². The van der Waals surface area contributed by atoms with Gasteiger partial charge >= 0.3 is 12.1 Å². The van der Waals surface area contributed by atoms with Crippen molar-refractivity contribution in [1.29, 1.82) is 0 Å². The van der Waals surface area contributed by atoms with Crippen molar-refractivity contribution in [3.05, 3.63) is 76.0 Å². The lowest BCUT2D eigenvalue weighted by Gasteiger charge is -2.38. The number of hydrogen-bond donors (Lipinski definition) is 1. The molecular formula is C27H22F4N4O3. The van der Waals surface area contributed by atoms with Gasteiger partial charge in [0.05, 0.1) is 22.3 Å². The number of carbonyl (C=O) groups is 1. The summed E-state index contributed by atoms with van der Waals surface area (Å²) >= 11 is 0. The van der Waals surface area contributed by atoms with Gasteiger partial charge in [-0.05, 0) is 43.2 Å². The van der Waals surface area contributed by atoms with E-state index in [1.165, 1.54) is 18.5 Å². The fourth-order valence-corrected chi connectivity index (χ4v) is 5.18. The second-order valence-corrected chi connectivity index (χ2v) is 9.67. The lowest BCUT2D eigenvalue weighted by atomic mass is 10.1. The van der Waals surface area contributed by atoms with Crippen LogP contribution in [0.15, 0.2) is 53.6 Å². The van der Waals surface area contributed by atoms with Gasteiger partial charge in [0.1, 0.15) is 11.4 Å². The highest BCUT2D eigenvalue weighted by Crippen LogP contribution is 2.39. The molecule has 0 bridgehead atoms. The molecule has 0 atom stereocenters. The highest BCUT2D eigenvalue weighted by atomic mass is 19.4. The maximum atomic E-state index is 15.3. The van der Waals surface area contributed by atoms with Crippen molar-refractivity contribution in [2.45, 2.75) is 25.1 Å². The molecule has 1 aliphatic heterocycles. The average molecular weight is 526 g/mol. The number of aromatic carboxylic acids is 1. The first-order valence-corrected chi connectivity index (χ1v) is 12.2. The Morgan fingerprint density at radius 2 is 1.63 bits per heavy atom. The third-order valence-electron chi connectivity index (χ3n) is 7.28. The SMILES string of the molecule is O=C(O)c1cn(C2CC2)c2cc(N3CCN(c4ccnc5cc(C(F)(F)F)ccc45)CC3)c(F)cc2c1=O. The van der Waals surface area contributed by atoms with Crippen LogP contribution >= 0.6 is 0 Å². The molecule has 2 aromatic carbocycles. The van der Waals surface area contributed by atoms with Gasteiger partial charge in [-0.15, -0.1) is 0 Å². The molecule has 1 saturated carbocycles. The van der Waals surface area contributed by atoms with E-state index in [1.807, 2.05) is 9.80 Å². The number of alkyl halides is 3. The number of halogens is 4. The molecule has 0 amide bonds. The molecule has 0 spiro atoms. The second kappa shape index (κ2) is 8.71. The largest absolute Gasteiger partial charge is 0.477 e. The Hall–Kier alpha value is -4.15. The van der Waals surface area contributed by atoms with E-state index in [1.54, 1.807) is 16.7 Å². The normalized spacial score (nSPS) is 16.4. The molecule has 7 nitrogen and oxygen atoms in total. The highest BCUT2D eigenvalue weighted by Gasteiger charge is 2.31. The van der Waals surface area contributed by atoms with E-state index in [0.717, 1.165) is 36.7 Å². The Bertz CT molecular complexity index is 1650. The predicted octanol–water partition coefficient (Wildman–Crippen LogP) is 5.07. The number of carboxylic acids is 1. The summed E-state index contributed by atoms with van der Waals surface area (Å²) < 4.78 is 56.4. The molecular weight excluding hydrogens is 504 g/mol. The quantitative estimate of drug-likeness (QED) is 0.375. The summed E-state index contributed by atoms with van der Waals surface area (Å²) in [6.45, 7) is 1.86. The molecule has 3 heterocycles. The van der Waals surface area contributed by atoms with Gasteiger partial charge in [0, 0.05) is 61.1 Å². The van der Waals surface area contributed by atoms with Crippen LogP contribution in [0.3, 0.4) is 0 Å². The van der Waals surface area contributed by atoms with Crippen LogP contribution in [0.4, 0.5) is 28.9 Å². The highest BCUT2D eigenvalue weighted by molar-refractivity contribution is 5.94. The number of piperazine rings is 1. The number of fused-ring (bicyclic) bond motifs is 2. The lowest BCUT2D eigenvalue weighted by molar-refractivity contribution is -0.137. The molecule has 2 fully saturated rings. The minimum Gasteiger partial charge on any atom is -0.477 e. The fraction of sp³-hybridized carbons (Fsp3) is 0.296. The molecule has 0 unspecified atom stereocenters. The maximum Gasteiger partial charge on any atom is 0.416 e. The van der Waals surface area contributed by atoms with Gasteiger partial charge in [-0.25, -0.2) is 9.18 Å². The van der Waals surface area contributed by atoms with E-state index in [-0.39, 0.29) is 22.5 Å². The summed E-state index contributed by atoms with van der Waals surface area (Å²) in [7, 11) is 0. The van der Waals surface area contributed by atoms with Crippen LogP contribution in [-0.4, -0.2) is 46.8 Å². The molecule has 4 aromatic rings. The van der Waals surface area contributed by atoms with E-state index >= 15 is 4.39 Å². The smallest absolute Gasteiger partial charge is 0.416 e. The minimum atomic E-state index is -4.46. The van der Waals surface area contributed by atoms with E-state index < -0.39 is 29.0 Å². The van der Waals surface area contributed by atoms with E-state index in [2.05, 4.69) is 4.98 Å². The van der Waals surface area contributed by atoms with Crippen LogP contribution < -0.4 is 15.2 Å². The summed E-state index contributed by atoms with van der Waals surface area (Å²) in [5.74, 6) is -1.95. The Morgan fingerprint density at radius 3 is 2.26 bits per heavy atom. The first-order valence-electron chi connectivity index (χ1n) is 12.2. The molecule has 196 valence electrons. The number of rotatable bonds is 4. The Labute approximate surface area is 213 Å². The van der Waals surface area contributed by atoms with Crippen LogP contribution in [0.5, 0.6) is 0 Å². The van der Waals surface area contributed by atoms with Crippen molar-refractivity contribution in [2.75, 3.05) is 36.0 Å². The standard InChI is InChI=1S/C27H22F4N4O3/c28-20-12-18-23(35(16-2-3-16)14-19(25(18)36)26(37)38)13-24(20)34-9-7-33(8-10-34)22-5-6-32-21-11-15(27(29,30)31)1-4-17(21)22/h1,4-6,11-14,16H,2-3,7-10H2,(H,37,38). The van der Waals surface area contributed by atoms with Gasteiger partial charge < -0.3 is 19.5 Å². The zero-order valence-electron chi connectivity index (χ0n) is 20.0. The zero-order chi connectivity index (χ0) is 26.8. The van der Waals surface area contributed by atoms with Crippen molar-refractivity contribution >= 4 is 39.1 Å². The number of pyridine rings is 2. The average Bonchev–Trinajstić information content (AvgIpc) is 3.73. The number of nitrogens with zero attached hydrogens (tertiary/aromatic N) is 4. The van der Waals surface area contributed by atoms with Crippen molar-refractivity contribution < 1.29 is 27.5 Å². The fourth-order valence-electron chi connectivity index (χ4n) is 5.18. The topological polar surface area (TPSA) is 78.7 Å². The molecule has 6 rings (SSSR count). The van der Waals surface area contributed by atoms with Crippen LogP contribution in [0.1, 0.15) is 34.8 Å². The third kappa shape index (κ3) is 4.11. The molecule has 2 aliphatic rings. The molecule has 0 radical (unpaired) electrons. The van der Waals surface area contributed by atoms with Gasteiger partial charge in [0.15, 0.2) is 0 Å². The number of hydrogen-bond acceptors (Lipinski definition) is 5. The molecule has 1 N–H and O–H groups in total. The molecule has 38 heavy (non-hydrogen) atoms. The van der Waals surface area contributed by atoms with Gasteiger partial charge in [0.2, 0.25) is 5.43 Å². The summed E-state index contributed by atoms with van der Waals surface area (Å²) in [6, 6.07) is 8.09. The summed E-state index contributed by atoms with van der Waals surface area (Å²) in [4.78, 5) is 32.3. The monoisotopic (exact) mass is 526 g/mol. The summed E-state index contributed by atoms with van der Waals surface area (Å²) in [6.07, 6.45) is 0.0828. The molecule has 1 aliphatic carbocycles. The van der Waals surface area contributed by atoms with E-state index in [0.29, 0.717) is 42.8 Å². The van der Waals surface area contributed by atoms with Crippen molar-refractivity contribution in [2.24, 2.45) is 0 Å². The summed E-state index contributed by atoms with van der Waals surface area (Å²) in [5.41, 5.74) is -0.0167. The van der Waals surface area contributed by atoms with Crippen LogP contribution in [-0.2, 0) is 6.18 Å². The van der Waals surface area contributed by atoms with Crippen molar-refractivity contribution in [3.8, 4) is 0 Å². The zero-order valence-corrected chi connectivity index (χ0v) is 20.0. The van der Waals surface area contributed by atoms with Crippen LogP contribution in [0.2, 0.25) is 0 Å². The van der Waals surface area contributed by atoms with Gasteiger partial charge in [-0.1, -0.05) is 6.07 Å². The number of carboxylic acid groups (broad SMARTS) is 1. The first-order chi connectivity index (χ1) is 18.1. The third-order valence-corrected chi connectivity index (χ3v) is 7.28. The maximum absolute atomic E-state index is 15.3. The van der Waals surface area contributed by atoms with Crippen molar-refractivity contribution in [3.63, 3.8) is 0 Å². The number of anilines is 2. The predicted molar refractivity (Wildman–Crippen MR) is 135 cm³/mol. The molecule has 11 heteroatoms. The van der Waals surface area contributed by atoms with Crippen LogP contribution in [0.25, 0.3) is 21.8 Å². The number of aromatic nitrogens is 2. The Morgan fingerprint density at radius 1 is 0.947 bits per heavy atom. The minimum absolute atomic E-state index is 0.0400. The van der Waals surface area contributed by atoms with Crippen molar-refractivity contribution in [1.82, 2.24) is 9.55 Å². The first kappa shape index (κ1) is 24.2. The van der Waals surface area contributed by atoms with Gasteiger partial charge in [0.25, 0.3) is 0 Å². The molecule has 2 aromatic heterocycles. The molecule has 1 saturated heterocycles. The van der Waals surface area contributed by atoms with Gasteiger partial charge in [-0.3, -0.25) is 9.78 Å². The Kier molecular flexibility index (Phi) is 5.55. The van der Waals surface area contributed by atoms with Gasteiger partial charge in [-0.2, -0.15) is 13.2 Å².